The molecule has 0 bridgehead atoms. The third kappa shape index (κ3) is 6.52. The van der Waals surface area contributed by atoms with Gasteiger partial charge in [-0.25, -0.2) is 9.59 Å². The minimum absolute atomic E-state index is 0.0264. The molecule has 0 atom stereocenters. The summed E-state index contributed by atoms with van der Waals surface area (Å²) in [7, 11) is 0. The quantitative estimate of drug-likeness (QED) is 0.529. The van der Waals surface area contributed by atoms with Crippen molar-refractivity contribution in [1.82, 2.24) is 0 Å². The highest BCUT2D eigenvalue weighted by Gasteiger charge is 2.31. The van der Waals surface area contributed by atoms with Gasteiger partial charge in [0.15, 0.2) is 0 Å². The molecule has 1 aliphatic rings. The fourth-order valence-electron chi connectivity index (χ4n) is 2.03. The van der Waals surface area contributed by atoms with Crippen molar-refractivity contribution in [3.63, 3.8) is 0 Å². The van der Waals surface area contributed by atoms with E-state index in [0.29, 0.717) is 13.0 Å². The smallest absolute Gasteiger partial charge is 0.342 e. The number of hydrogen-bond acceptors (Lipinski definition) is 6. The molecule has 0 aromatic rings. The van der Waals surface area contributed by atoms with Gasteiger partial charge in [0.25, 0.3) is 0 Å². The molecule has 1 rings (SSSR count). The number of rotatable bonds is 7. The number of ether oxygens (including phenoxy) is 3. The Hall–Kier alpha value is -1.69. The van der Waals surface area contributed by atoms with Crippen LogP contribution in [-0.2, 0) is 28.6 Å². The first-order valence-corrected chi connectivity index (χ1v) is 7.73. The second-order valence-electron chi connectivity index (χ2n) is 7.23. The van der Waals surface area contributed by atoms with Gasteiger partial charge >= 0.3 is 17.9 Å². The normalized spacial score (nSPS) is 15.9. The number of hydrogen-bond donors (Lipinski definition) is 0. The van der Waals surface area contributed by atoms with E-state index in [9.17, 15) is 14.4 Å². The van der Waals surface area contributed by atoms with Gasteiger partial charge in [-0.1, -0.05) is 0 Å². The van der Waals surface area contributed by atoms with Crippen LogP contribution in [-0.4, -0.2) is 35.7 Å². The SMILES string of the molecule is CC1=C(CCC(=O)OC(C)(C)CCOC(C)(C)C)C(=O)OC1=O. The van der Waals surface area contributed by atoms with Crippen LogP contribution in [0.15, 0.2) is 11.1 Å². The van der Waals surface area contributed by atoms with E-state index >= 15 is 0 Å². The summed E-state index contributed by atoms with van der Waals surface area (Å²) >= 11 is 0. The first kappa shape index (κ1) is 19.4. The number of carbonyl (C=O) groups excluding carboxylic acids is 3. The van der Waals surface area contributed by atoms with Gasteiger partial charge in [0.05, 0.1) is 12.2 Å². The molecule has 0 radical (unpaired) electrons. The summed E-state index contributed by atoms with van der Waals surface area (Å²) in [5.74, 6) is -1.73. The summed E-state index contributed by atoms with van der Waals surface area (Å²) in [6.07, 6.45) is 0.737. The van der Waals surface area contributed by atoms with E-state index in [4.69, 9.17) is 9.47 Å². The Morgan fingerprint density at radius 2 is 1.70 bits per heavy atom. The zero-order valence-electron chi connectivity index (χ0n) is 14.8. The third-order valence-electron chi connectivity index (χ3n) is 3.40. The molecule has 6 heteroatoms. The van der Waals surface area contributed by atoms with Crippen molar-refractivity contribution in [1.29, 1.82) is 0 Å². The largest absolute Gasteiger partial charge is 0.460 e. The van der Waals surface area contributed by atoms with Crippen molar-refractivity contribution in [2.24, 2.45) is 0 Å². The first-order chi connectivity index (χ1) is 10.4. The van der Waals surface area contributed by atoms with Crippen LogP contribution in [0.25, 0.3) is 0 Å². The van der Waals surface area contributed by atoms with Crippen molar-refractivity contribution in [3.05, 3.63) is 11.1 Å². The van der Waals surface area contributed by atoms with E-state index in [0.717, 1.165) is 0 Å². The van der Waals surface area contributed by atoms with Crippen LogP contribution in [0.5, 0.6) is 0 Å². The third-order valence-corrected chi connectivity index (χ3v) is 3.40. The predicted octanol–water partition coefficient (Wildman–Crippen LogP) is 2.69. The molecule has 0 N–H and O–H groups in total. The molecule has 1 heterocycles. The Balaban J connectivity index is 2.44. The molecular formula is C17H26O6. The van der Waals surface area contributed by atoms with Crippen LogP contribution < -0.4 is 0 Å². The van der Waals surface area contributed by atoms with Gasteiger partial charge in [-0.3, -0.25) is 4.79 Å². The van der Waals surface area contributed by atoms with Crippen molar-refractivity contribution >= 4 is 17.9 Å². The average molecular weight is 326 g/mol. The minimum atomic E-state index is -0.668. The molecule has 0 amide bonds. The van der Waals surface area contributed by atoms with Crippen LogP contribution in [0.4, 0.5) is 0 Å². The van der Waals surface area contributed by atoms with Gasteiger partial charge in [0, 0.05) is 24.0 Å². The molecular weight excluding hydrogens is 300 g/mol. The zero-order chi connectivity index (χ0) is 17.8. The molecule has 0 aromatic carbocycles. The summed E-state index contributed by atoms with van der Waals surface area (Å²) in [4.78, 5) is 34.6. The van der Waals surface area contributed by atoms with Crippen LogP contribution >= 0.6 is 0 Å². The molecule has 0 saturated carbocycles. The summed E-state index contributed by atoms with van der Waals surface area (Å²) < 4.78 is 15.5. The second-order valence-corrected chi connectivity index (χ2v) is 7.23. The molecule has 0 spiro atoms. The van der Waals surface area contributed by atoms with Crippen LogP contribution in [0, 0.1) is 0 Å². The van der Waals surface area contributed by atoms with Gasteiger partial charge in [-0.05, 0) is 48.0 Å². The number of esters is 3. The maximum Gasteiger partial charge on any atom is 0.342 e. The average Bonchev–Trinajstić information content (AvgIpc) is 2.58. The monoisotopic (exact) mass is 326 g/mol. The van der Waals surface area contributed by atoms with E-state index in [-0.39, 0.29) is 29.6 Å². The summed E-state index contributed by atoms with van der Waals surface area (Å²) in [6, 6.07) is 0. The highest BCUT2D eigenvalue weighted by molar-refractivity contribution is 6.12. The standard InChI is InChI=1S/C17H26O6/c1-11-12(15(20)22-14(11)19)7-8-13(18)23-17(5,6)9-10-21-16(2,3)4/h7-10H2,1-6H3. The van der Waals surface area contributed by atoms with E-state index < -0.39 is 23.5 Å². The van der Waals surface area contributed by atoms with E-state index in [1.807, 2.05) is 34.6 Å². The predicted molar refractivity (Wildman–Crippen MR) is 83.5 cm³/mol. The summed E-state index contributed by atoms with van der Waals surface area (Å²) in [5, 5.41) is 0. The Labute approximate surface area is 137 Å². The van der Waals surface area contributed by atoms with Crippen molar-refractivity contribution in [3.8, 4) is 0 Å². The fraction of sp³-hybridized carbons (Fsp3) is 0.706. The first-order valence-electron chi connectivity index (χ1n) is 7.73. The van der Waals surface area contributed by atoms with Crippen molar-refractivity contribution < 1.29 is 28.6 Å². The van der Waals surface area contributed by atoms with Gasteiger partial charge in [0.1, 0.15) is 5.60 Å². The topological polar surface area (TPSA) is 78.9 Å². The lowest BCUT2D eigenvalue weighted by Gasteiger charge is -2.27. The maximum absolute atomic E-state index is 11.9. The molecule has 6 nitrogen and oxygen atoms in total. The van der Waals surface area contributed by atoms with Gasteiger partial charge in [-0.15, -0.1) is 0 Å². The second kappa shape index (κ2) is 7.25. The molecule has 23 heavy (non-hydrogen) atoms. The van der Waals surface area contributed by atoms with E-state index in [2.05, 4.69) is 4.74 Å². The van der Waals surface area contributed by atoms with Gasteiger partial charge in [0.2, 0.25) is 0 Å². The number of cyclic esters (lactones) is 2. The van der Waals surface area contributed by atoms with Crippen LogP contribution in [0.2, 0.25) is 0 Å². The Kier molecular flexibility index (Phi) is 6.11. The molecule has 130 valence electrons. The van der Waals surface area contributed by atoms with Crippen molar-refractivity contribution in [2.45, 2.75) is 72.0 Å². The molecule has 1 aliphatic heterocycles. The molecule has 0 unspecified atom stereocenters. The lowest BCUT2D eigenvalue weighted by atomic mass is 10.0. The fourth-order valence-corrected chi connectivity index (χ4v) is 2.03. The van der Waals surface area contributed by atoms with Crippen LogP contribution in [0.1, 0.15) is 60.8 Å². The number of carbonyl (C=O) groups is 3. The molecule has 0 fully saturated rings. The molecule has 0 aliphatic carbocycles. The lowest BCUT2D eigenvalue weighted by Crippen LogP contribution is -2.31. The van der Waals surface area contributed by atoms with Crippen LogP contribution in [0.3, 0.4) is 0 Å². The van der Waals surface area contributed by atoms with Gasteiger partial charge in [-0.2, -0.15) is 0 Å². The highest BCUT2D eigenvalue weighted by Crippen LogP contribution is 2.23. The minimum Gasteiger partial charge on any atom is -0.460 e. The Morgan fingerprint density at radius 1 is 1.09 bits per heavy atom. The Morgan fingerprint density at radius 3 is 2.17 bits per heavy atom. The van der Waals surface area contributed by atoms with E-state index in [1.165, 1.54) is 6.92 Å². The summed E-state index contributed by atoms with van der Waals surface area (Å²) in [6.45, 7) is 11.5. The maximum atomic E-state index is 11.9. The molecule has 0 aromatic heterocycles. The lowest BCUT2D eigenvalue weighted by molar-refractivity contribution is -0.158. The van der Waals surface area contributed by atoms with E-state index in [1.54, 1.807) is 0 Å². The Bertz CT molecular complexity index is 522. The summed E-state index contributed by atoms with van der Waals surface area (Å²) in [5.41, 5.74) is -0.376. The van der Waals surface area contributed by atoms with Gasteiger partial charge < -0.3 is 14.2 Å². The zero-order valence-corrected chi connectivity index (χ0v) is 14.8. The van der Waals surface area contributed by atoms with Crippen molar-refractivity contribution in [2.75, 3.05) is 6.61 Å². The highest BCUT2D eigenvalue weighted by atomic mass is 16.6. The molecule has 0 saturated heterocycles.